The summed E-state index contributed by atoms with van der Waals surface area (Å²) < 4.78 is 25.2. The van der Waals surface area contributed by atoms with E-state index in [1.807, 2.05) is 82.3 Å². The molecule has 0 heterocycles. The molecule has 4 nitrogen and oxygen atoms in total. The van der Waals surface area contributed by atoms with Gasteiger partial charge >= 0.3 is 7.82 Å². The Morgan fingerprint density at radius 3 is 1.56 bits per heavy atom. The van der Waals surface area contributed by atoms with Crippen LogP contribution in [0.1, 0.15) is 44.5 Å². The van der Waals surface area contributed by atoms with E-state index in [4.69, 9.17) is 9.05 Å². The fourth-order valence-corrected chi connectivity index (χ4v) is 6.90. The standard InChI is InChI=1S/C38H39O4P/c1-27-24-33(21-20-31-14-8-5-9-15-31)25-28(2)37(27)41-43(39,40)42-38-29(3)26-35(23-22-32-16-10-6-11-17-32)36(30(38)4)34-18-12-7-13-19-34/h5-19,24-26H,20-23H2,1-4H3,(H,39,40). The van der Waals surface area contributed by atoms with Crippen molar-refractivity contribution in [1.29, 1.82) is 0 Å². The lowest BCUT2D eigenvalue weighted by atomic mass is 9.89. The zero-order chi connectivity index (χ0) is 30.4. The van der Waals surface area contributed by atoms with Crippen molar-refractivity contribution >= 4 is 7.82 Å². The molecule has 5 rings (SSSR count). The molecule has 0 aromatic heterocycles. The van der Waals surface area contributed by atoms with Crippen molar-refractivity contribution in [3.05, 3.63) is 154 Å². The van der Waals surface area contributed by atoms with Crippen LogP contribution in [-0.2, 0) is 30.2 Å². The van der Waals surface area contributed by atoms with Crippen LogP contribution < -0.4 is 9.05 Å². The van der Waals surface area contributed by atoms with Crippen LogP contribution in [0.15, 0.2) is 109 Å². The quantitative estimate of drug-likeness (QED) is 0.156. The van der Waals surface area contributed by atoms with E-state index in [-0.39, 0.29) is 0 Å². The smallest absolute Gasteiger partial charge is 0.395 e. The van der Waals surface area contributed by atoms with E-state index in [0.717, 1.165) is 64.6 Å². The van der Waals surface area contributed by atoms with Crippen molar-refractivity contribution in [1.82, 2.24) is 0 Å². The summed E-state index contributed by atoms with van der Waals surface area (Å²) in [4.78, 5) is 11.0. The Morgan fingerprint density at radius 1 is 0.558 bits per heavy atom. The lowest BCUT2D eigenvalue weighted by Gasteiger charge is -2.23. The molecule has 5 aromatic carbocycles. The first-order chi connectivity index (χ1) is 20.7. The van der Waals surface area contributed by atoms with Crippen molar-refractivity contribution in [2.75, 3.05) is 0 Å². The maximum atomic E-state index is 13.5. The third kappa shape index (κ3) is 7.65. The molecule has 0 aliphatic rings. The molecule has 0 aliphatic heterocycles. The molecule has 0 radical (unpaired) electrons. The number of aryl methyl sites for hydroxylation is 7. The Kier molecular flexibility index (Phi) is 9.50. The van der Waals surface area contributed by atoms with Gasteiger partial charge in [0.2, 0.25) is 0 Å². The lowest BCUT2D eigenvalue weighted by Crippen LogP contribution is -2.07. The largest absolute Gasteiger partial charge is 0.584 e. The van der Waals surface area contributed by atoms with Gasteiger partial charge in [-0.15, -0.1) is 0 Å². The van der Waals surface area contributed by atoms with Crippen LogP contribution >= 0.6 is 7.82 Å². The predicted octanol–water partition coefficient (Wildman–Crippen LogP) is 9.72. The number of benzene rings is 5. The van der Waals surface area contributed by atoms with E-state index >= 15 is 0 Å². The first kappa shape index (κ1) is 30.4. The Hall–Kier alpha value is -4.11. The molecule has 1 N–H and O–H groups in total. The summed E-state index contributed by atoms with van der Waals surface area (Å²) in [7, 11) is -4.51. The van der Waals surface area contributed by atoms with Gasteiger partial charge in [-0.3, -0.25) is 4.89 Å². The van der Waals surface area contributed by atoms with Crippen LogP contribution in [0.3, 0.4) is 0 Å². The van der Waals surface area contributed by atoms with Crippen LogP contribution in [0.25, 0.3) is 11.1 Å². The van der Waals surface area contributed by atoms with Gasteiger partial charge in [0.15, 0.2) is 0 Å². The van der Waals surface area contributed by atoms with E-state index in [0.29, 0.717) is 11.5 Å². The minimum absolute atomic E-state index is 0.378. The molecule has 0 bridgehead atoms. The van der Waals surface area contributed by atoms with Crippen molar-refractivity contribution < 1.29 is 18.5 Å². The summed E-state index contributed by atoms with van der Waals surface area (Å²) in [5.74, 6) is 0.760. The van der Waals surface area contributed by atoms with Gasteiger partial charge in [0.05, 0.1) is 0 Å². The highest BCUT2D eigenvalue weighted by Gasteiger charge is 2.30. The van der Waals surface area contributed by atoms with E-state index in [9.17, 15) is 9.46 Å². The summed E-state index contributed by atoms with van der Waals surface area (Å²) in [6.45, 7) is 7.68. The minimum Gasteiger partial charge on any atom is -0.395 e. The summed E-state index contributed by atoms with van der Waals surface area (Å²) in [5, 5.41) is 0. The van der Waals surface area contributed by atoms with Crippen LogP contribution in [0.4, 0.5) is 0 Å². The molecule has 0 spiro atoms. The fourth-order valence-electron chi connectivity index (χ4n) is 5.83. The summed E-state index contributed by atoms with van der Waals surface area (Å²) in [6.07, 6.45) is 3.52. The molecule has 220 valence electrons. The van der Waals surface area contributed by atoms with Crippen molar-refractivity contribution in [3.8, 4) is 22.6 Å². The fraction of sp³-hybridized carbons (Fsp3) is 0.211. The van der Waals surface area contributed by atoms with Crippen molar-refractivity contribution in [3.63, 3.8) is 0 Å². The number of hydrogen-bond acceptors (Lipinski definition) is 3. The molecule has 0 saturated heterocycles. The molecule has 0 saturated carbocycles. The van der Waals surface area contributed by atoms with Gasteiger partial charge < -0.3 is 9.05 Å². The second-order valence-corrected chi connectivity index (χ2v) is 12.5. The van der Waals surface area contributed by atoms with Crippen LogP contribution in [0.5, 0.6) is 11.5 Å². The maximum absolute atomic E-state index is 13.5. The molecule has 1 atom stereocenters. The average Bonchev–Trinajstić information content (AvgIpc) is 3.00. The van der Waals surface area contributed by atoms with Crippen LogP contribution in [0.2, 0.25) is 0 Å². The molecule has 5 heteroatoms. The zero-order valence-corrected chi connectivity index (χ0v) is 26.2. The monoisotopic (exact) mass is 590 g/mol. The lowest BCUT2D eigenvalue weighted by molar-refractivity contribution is 0.288. The molecule has 1 unspecified atom stereocenters. The van der Waals surface area contributed by atoms with Crippen LogP contribution in [-0.4, -0.2) is 4.89 Å². The zero-order valence-electron chi connectivity index (χ0n) is 25.3. The van der Waals surface area contributed by atoms with E-state index < -0.39 is 7.82 Å². The SMILES string of the molecule is Cc1cc(CCc2ccccc2)cc(C)c1OP(=O)(O)Oc1c(C)cc(CCc2ccccc2)c(-c2ccccc2)c1C. The molecular formula is C38H39O4P. The van der Waals surface area contributed by atoms with Gasteiger partial charge in [-0.05, 0) is 103 Å². The predicted molar refractivity (Wildman–Crippen MR) is 176 cm³/mol. The summed E-state index contributed by atoms with van der Waals surface area (Å²) in [5.41, 5.74) is 10.1. The minimum atomic E-state index is -4.51. The first-order valence-corrected chi connectivity index (χ1v) is 16.3. The Bertz CT molecular complexity index is 1710. The molecular weight excluding hydrogens is 551 g/mol. The number of phosphoric acid groups is 1. The van der Waals surface area contributed by atoms with Gasteiger partial charge in [0, 0.05) is 5.56 Å². The maximum Gasteiger partial charge on any atom is 0.584 e. The van der Waals surface area contributed by atoms with Gasteiger partial charge in [-0.1, -0.05) is 109 Å². The van der Waals surface area contributed by atoms with Gasteiger partial charge in [-0.25, -0.2) is 4.57 Å². The van der Waals surface area contributed by atoms with Crippen molar-refractivity contribution in [2.24, 2.45) is 0 Å². The van der Waals surface area contributed by atoms with Gasteiger partial charge in [0.1, 0.15) is 11.5 Å². The highest BCUT2D eigenvalue weighted by molar-refractivity contribution is 7.48. The average molecular weight is 591 g/mol. The molecule has 0 aliphatic carbocycles. The number of phosphoric ester groups is 1. The van der Waals surface area contributed by atoms with Gasteiger partial charge in [0.25, 0.3) is 0 Å². The summed E-state index contributed by atoms with van der Waals surface area (Å²) in [6, 6.07) is 37.0. The van der Waals surface area contributed by atoms with Crippen molar-refractivity contribution in [2.45, 2.75) is 53.4 Å². The van der Waals surface area contributed by atoms with E-state index in [1.165, 1.54) is 16.7 Å². The molecule has 43 heavy (non-hydrogen) atoms. The number of hydrogen-bond donors (Lipinski definition) is 1. The third-order valence-corrected chi connectivity index (χ3v) is 8.68. The Balaban J connectivity index is 1.40. The summed E-state index contributed by atoms with van der Waals surface area (Å²) >= 11 is 0. The normalized spacial score (nSPS) is 12.5. The molecule has 0 amide bonds. The topological polar surface area (TPSA) is 55.8 Å². The first-order valence-electron chi connectivity index (χ1n) is 14.8. The second-order valence-electron chi connectivity index (χ2n) is 11.2. The molecule has 5 aromatic rings. The Morgan fingerprint density at radius 2 is 1.00 bits per heavy atom. The van der Waals surface area contributed by atoms with E-state index in [2.05, 4.69) is 54.6 Å². The highest BCUT2D eigenvalue weighted by Crippen LogP contribution is 2.49. The third-order valence-electron chi connectivity index (χ3n) is 7.85. The van der Waals surface area contributed by atoms with E-state index in [1.54, 1.807) is 0 Å². The number of rotatable bonds is 11. The van der Waals surface area contributed by atoms with Gasteiger partial charge in [-0.2, -0.15) is 0 Å². The molecule has 0 fully saturated rings. The highest BCUT2D eigenvalue weighted by atomic mass is 31.2. The van der Waals surface area contributed by atoms with Crippen LogP contribution in [0, 0.1) is 27.7 Å². The second kappa shape index (κ2) is 13.5. The Labute approximate surface area is 255 Å².